The van der Waals surface area contributed by atoms with E-state index in [1.165, 1.54) is 16.3 Å². The van der Waals surface area contributed by atoms with Crippen molar-refractivity contribution >= 4 is 23.1 Å². The molecule has 112 valence electrons. The van der Waals surface area contributed by atoms with Crippen molar-refractivity contribution in [2.45, 2.75) is 18.5 Å². The maximum Gasteiger partial charge on any atom is 0.111 e. The summed E-state index contributed by atoms with van der Waals surface area (Å²) in [7, 11) is 2.20. The quantitative estimate of drug-likeness (QED) is 0.940. The molecule has 1 fully saturated rings. The number of hydrogen-bond acceptors (Lipinski definition) is 5. The third kappa shape index (κ3) is 3.66. The summed E-state index contributed by atoms with van der Waals surface area (Å²) in [6.07, 6.45) is 0.810. The molecule has 3 rings (SSSR count). The molecule has 2 heterocycles. The van der Waals surface area contributed by atoms with Crippen LogP contribution in [0.1, 0.15) is 28.3 Å². The fourth-order valence-electron chi connectivity index (χ4n) is 2.56. The molecular formula is C16H21N3S2. The van der Waals surface area contributed by atoms with Crippen LogP contribution in [0.2, 0.25) is 0 Å². The van der Waals surface area contributed by atoms with Gasteiger partial charge in [-0.15, -0.1) is 11.3 Å². The first-order chi connectivity index (χ1) is 10.2. The summed E-state index contributed by atoms with van der Waals surface area (Å²) in [5.41, 5.74) is 8.59. The van der Waals surface area contributed by atoms with E-state index >= 15 is 0 Å². The van der Waals surface area contributed by atoms with Crippen molar-refractivity contribution in [2.75, 3.05) is 25.1 Å². The summed E-state index contributed by atoms with van der Waals surface area (Å²) in [6.45, 7) is 1.15. The van der Waals surface area contributed by atoms with Crippen LogP contribution in [0.15, 0.2) is 35.7 Å². The normalized spacial score (nSPS) is 21.3. The van der Waals surface area contributed by atoms with Crippen LogP contribution in [0.4, 0.5) is 0 Å². The second kappa shape index (κ2) is 6.92. The maximum atomic E-state index is 6.29. The molecule has 0 radical (unpaired) electrons. The first-order valence-corrected chi connectivity index (χ1v) is 9.30. The highest BCUT2D eigenvalue weighted by atomic mass is 32.2. The Hall–Kier alpha value is -0.880. The van der Waals surface area contributed by atoms with Gasteiger partial charge in [-0.05, 0) is 12.6 Å². The highest BCUT2D eigenvalue weighted by Crippen LogP contribution is 2.30. The number of nitrogens with zero attached hydrogens (tertiary/aromatic N) is 2. The van der Waals surface area contributed by atoms with Crippen LogP contribution in [0, 0.1) is 0 Å². The van der Waals surface area contributed by atoms with Crippen LogP contribution in [-0.4, -0.2) is 35.0 Å². The average Bonchev–Trinajstić information content (AvgIpc) is 2.97. The SMILES string of the molecule is CN1CCSCC1c1nc(CC(N)c2ccccc2)cs1. The van der Waals surface area contributed by atoms with Crippen LogP contribution in [0.5, 0.6) is 0 Å². The Balaban J connectivity index is 1.67. The van der Waals surface area contributed by atoms with Gasteiger partial charge in [0.25, 0.3) is 0 Å². The molecule has 0 saturated carbocycles. The van der Waals surface area contributed by atoms with Gasteiger partial charge in [-0.1, -0.05) is 30.3 Å². The molecule has 0 spiro atoms. The van der Waals surface area contributed by atoms with Crippen molar-refractivity contribution in [1.82, 2.24) is 9.88 Å². The smallest absolute Gasteiger partial charge is 0.111 e. The predicted octanol–water partition coefficient (Wildman–Crippen LogP) is 3.11. The molecule has 2 aromatic rings. The monoisotopic (exact) mass is 319 g/mol. The zero-order valence-corrected chi connectivity index (χ0v) is 13.9. The van der Waals surface area contributed by atoms with Gasteiger partial charge in [-0.2, -0.15) is 11.8 Å². The molecule has 2 unspecified atom stereocenters. The summed E-state index contributed by atoms with van der Waals surface area (Å²) < 4.78 is 0. The Kier molecular flexibility index (Phi) is 4.95. The van der Waals surface area contributed by atoms with Crippen LogP contribution in [-0.2, 0) is 6.42 Å². The molecular weight excluding hydrogens is 298 g/mol. The summed E-state index contributed by atoms with van der Waals surface area (Å²) >= 11 is 3.80. The number of thioether (sulfide) groups is 1. The van der Waals surface area contributed by atoms with E-state index in [-0.39, 0.29) is 6.04 Å². The van der Waals surface area contributed by atoms with E-state index in [1.54, 1.807) is 11.3 Å². The van der Waals surface area contributed by atoms with Crippen molar-refractivity contribution in [3.63, 3.8) is 0 Å². The molecule has 1 saturated heterocycles. The highest BCUT2D eigenvalue weighted by Gasteiger charge is 2.24. The molecule has 2 atom stereocenters. The lowest BCUT2D eigenvalue weighted by Crippen LogP contribution is -2.32. The van der Waals surface area contributed by atoms with Gasteiger partial charge in [0.15, 0.2) is 0 Å². The predicted molar refractivity (Wildman–Crippen MR) is 91.9 cm³/mol. The number of thiazole rings is 1. The van der Waals surface area contributed by atoms with Crippen LogP contribution in [0.3, 0.4) is 0 Å². The molecule has 1 aromatic heterocycles. The fraction of sp³-hybridized carbons (Fsp3) is 0.438. The van der Waals surface area contributed by atoms with E-state index in [9.17, 15) is 0 Å². The van der Waals surface area contributed by atoms with Gasteiger partial charge >= 0.3 is 0 Å². The Labute approximate surface area is 134 Å². The first kappa shape index (κ1) is 15.0. The number of rotatable bonds is 4. The molecule has 1 aromatic carbocycles. The molecule has 1 aliphatic rings. The highest BCUT2D eigenvalue weighted by molar-refractivity contribution is 7.99. The molecule has 0 amide bonds. The minimum atomic E-state index is 0.0274. The number of aromatic nitrogens is 1. The van der Waals surface area contributed by atoms with Crippen LogP contribution in [0.25, 0.3) is 0 Å². The molecule has 0 aliphatic carbocycles. The lowest BCUT2D eigenvalue weighted by Gasteiger charge is -2.30. The van der Waals surface area contributed by atoms with Crippen LogP contribution < -0.4 is 5.73 Å². The zero-order valence-electron chi connectivity index (χ0n) is 12.2. The van der Waals surface area contributed by atoms with Gasteiger partial charge in [-0.25, -0.2) is 4.98 Å². The maximum absolute atomic E-state index is 6.29. The topological polar surface area (TPSA) is 42.2 Å². The van der Waals surface area contributed by atoms with Gasteiger partial charge in [0, 0.05) is 35.9 Å². The van der Waals surface area contributed by atoms with Gasteiger partial charge in [0.1, 0.15) is 5.01 Å². The van der Waals surface area contributed by atoms with E-state index in [1.807, 2.05) is 30.0 Å². The Morgan fingerprint density at radius 1 is 1.38 bits per heavy atom. The van der Waals surface area contributed by atoms with E-state index < -0.39 is 0 Å². The average molecular weight is 319 g/mol. The fourth-order valence-corrected chi connectivity index (χ4v) is 4.88. The Bertz CT molecular complexity index is 570. The summed E-state index contributed by atoms with van der Waals surface area (Å²) in [5.74, 6) is 2.37. The number of benzene rings is 1. The van der Waals surface area contributed by atoms with Gasteiger partial charge in [0.05, 0.1) is 11.7 Å². The minimum absolute atomic E-state index is 0.0274. The second-order valence-corrected chi connectivity index (χ2v) is 7.51. The molecule has 3 nitrogen and oxygen atoms in total. The van der Waals surface area contributed by atoms with Gasteiger partial charge < -0.3 is 5.73 Å². The first-order valence-electron chi connectivity index (χ1n) is 7.27. The number of nitrogens with two attached hydrogens (primary N) is 1. The van der Waals surface area contributed by atoms with Crippen molar-refractivity contribution in [3.8, 4) is 0 Å². The summed E-state index contributed by atoms with van der Waals surface area (Å²) in [6, 6.07) is 10.8. The lowest BCUT2D eigenvalue weighted by atomic mass is 10.0. The molecule has 1 aliphatic heterocycles. The van der Waals surface area contributed by atoms with Gasteiger partial charge in [-0.3, -0.25) is 4.90 Å². The minimum Gasteiger partial charge on any atom is -0.324 e. The van der Waals surface area contributed by atoms with Crippen molar-refractivity contribution in [2.24, 2.45) is 5.73 Å². The Morgan fingerprint density at radius 3 is 2.95 bits per heavy atom. The van der Waals surface area contributed by atoms with Crippen molar-refractivity contribution in [1.29, 1.82) is 0 Å². The summed E-state index contributed by atoms with van der Waals surface area (Å²) in [5, 5.41) is 3.41. The molecule has 5 heteroatoms. The zero-order chi connectivity index (χ0) is 14.7. The molecule has 2 N–H and O–H groups in total. The molecule has 21 heavy (non-hydrogen) atoms. The largest absolute Gasteiger partial charge is 0.324 e. The van der Waals surface area contributed by atoms with Crippen LogP contribution >= 0.6 is 23.1 Å². The van der Waals surface area contributed by atoms with E-state index in [0.717, 1.165) is 24.4 Å². The lowest BCUT2D eigenvalue weighted by molar-refractivity contribution is 0.274. The molecule has 0 bridgehead atoms. The third-order valence-corrected chi connectivity index (χ3v) is 5.92. The van der Waals surface area contributed by atoms with Gasteiger partial charge in [0.2, 0.25) is 0 Å². The van der Waals surface area contributed by atoms with E-state index in [4.69, 9.17) is 10.7 Å². The standard InChI is InChI=1S/C16H21N3S2/c1-19-7-8-20-11-15(19)16-18-13(10-21-16)9-14(17)12-5-3-2-4-6-12/h2-6,10,14-15H,7-9,11,17H2,1H3. The summed E-state index contributed by atoms with van der Waals surface area (Å²) in [4.78, 5) is 7.25. The number of hydrogen-bond donors (Lipinski definition) is 1. The second-order valence-electron chi connectivity index (χ2n) is 5.47. The van der Waals surface area contributed by atoms with E-state index in [2.05, 4.69) is 29.5 Å². The van der Waals surface area contributed by atoms with E-state index in [0.29, 0.717) is 6.04 Å². The third-order valence-electron chi connectivity index (χ3n) is 3.91. The van der Waals surface area contributed by atoms with Crippen molar-refractivity contribution in [3.05, 3.63) is 52.0 Å². The Morgan fingerprint density at radius 2 is 2.19 bits per heavy atom. The van der Waals surface area contributed by atoms with Crippen molar-refractivity contribution < 1.29 is 0 Å².